The van der Waals surface area contributed by atoms with E-state index in [2.05, 4.69) is 0 Å². The molecule has 1 aliphatic heterocycles. The van der Waals surface area contributed by atoms with Crippen molar-refractivity contribution in [3.05, 3.63) is 35.9 Å². The fraction of sp³-hybridized carbons (Fsp3) is 0.667. The monoisotopic (exact) mass is 360 g/mol. The van der Waals surface area contributed by atoms with Gasteiger partial charge in [0.25, 0.3) is 0 Å². The van der Waals surface area contributed by atoms with Crippen LogP contribution in [-0.4, -0.2) is 46.7 Å². The highest BCUT2D eigenvalue weighted by Gasteiger charge is 2.64. The summed E-state index contributed by atoms with van der Waals surface area (Å²) in [5, 5.41) is 10.6. The molecule has 0 spiro atoms. The summed E-state index contributed by atoms with van der Waals surface area (Å²) < 4.78 is 5.76. The predicted molar refractivity (Wildman–Crippen MR) is 101 cm³/mol. The predicted octanol–water partition coefficient (Wildman–Crippen LogP) is 2.63. The van der Waals surface area contributed by atoms with Gasteiger partial charge in [0.05, 0.1) is 12.2 Å². The molecule has 1 heterocycles. The van der Waals surface area contributed by atoms with Crippen molar-refractivity contribution < 1.29 is 14.6 Å². The molecule has 0 radical (unpaired) electrons. The highest BCUT2D eigenvalue weighted by atomic mass is 16.5. The van der Waals surface area contributed by atoms with Gasteiger partial charge < -0.3 is 20.5 Å². The molecule has 0 bridgehead atoms. The van der Waals surface area contributed by atoms with Gasteiger partial charge >= 0.3 is 0 Å². The van der Waals surface area contributed by atoms with Crippen molar-refractivity contribution in [2.45, 2.75) is 70.2 Å². The highest BCUT2D eigenvalue weighted by Crippen LogP contribution is 2.51. The minimum atomic E-state index is -0.882. The number of aliphatic hydroxyl groups excluding tert-OH is 1. The minimum Gasteiger partial charge on any atom is -0.388 e. The van der Waals surface area contributed by atoms with Crippen LogP contribution in [0.2, 0.25) is 0 Å². The Bertz CT molecular complexity index is 633. The second-order valence-electron chi connectivity index (χ2n) is 8.30. The van der Waals surface area contributed by atoms with Crippen LogP contribution in [-0.2, 0) is 9.53 Å². The number of likely N-dealkylation sites (tertiary alicyclic amines) is 1. The van der Waals surface area contributed by atoms with Crippen molar-refractivity contribution in [1.82, 2.24) is 4.90 Å². The number of carbonyl (C=O) groups excluding carboxylic acids is 1. The number of carbonyl (C=O) groups is 1. The van der Waals surface area contributed by atoms with E-state index < -0.39 is 11.6 Å². The van der Waals surface area contributed by atoms with Gasteiger partial charge in [-0.05, 0) is 31.7 Å². The van der Waals surface area contributed by atoms with Gasteiger partial charge in [-0.1, -0.05) is 44.2 Å². The summed E-state index contributed by atoms with van der Waals surface area (Å²) in [4.78, 5) is 15.2. The molecule has 4 unspecified atom stereocenters. The van der Waals surface area contributed by atoms with E-state index in [9.17, 15) is 9.90 Å². The number of aliphatic hydroxyl groups is 1. The molecule has 5 nitrogen and oxygen atoms in total. The van der Waals surface area contributed by atoms with Gasteiger partial charge in [-0.25, -0.2) is 0 Å². The van der Waals surface area contributed by atoms with E-state index in [0.717, 1.165) is 24.9 Å². The Kier molecular flexibility index (Phi) is 5.42. The van der Waals surface area contributed by atoms with Gasteiger partial charge in [0.2, 0.25) is 5.91 Å². The van der Waals surface area contributed by atoms with Crippen molar-refractivity contribution in [3.63, 3.8) is 0 Å². The van der Waals surface area contributed by atoms with E-state index >= 15 is 0 Å². The number of ether oxygens (including phenoxy) is 1. The Morgan fingerprint density at radius 3 is 2.69 bits per heavy atom. The largest absolute Gasteiger partial charge is 0.388 e. The van der Waals surface area contributed by atoms with Gasteiger partial charge in [-0.3, -0.25) is 4.79 Å². The molecule has 144 valence electrons. The lowest BCUT2D eigenvalue weighted by molar-refractivity contribution is -0.180. The van der Waals surface area contributed by atoms with Gasteiger partial charge in [0, 0.05) is 31.0 Å². The standard InChI is InChI=1S/C21H32N2O3/c1-4-26-18-14-21(22,20(18,2)3)19(25)23-12-8-11-16(23)13-17(24)15-9-6-5-7-10-15/h5-7,9-10,16-18,24H,4,8,11-14,22H2,1-3H3. The van der Waals surface area contributed by atoms with E-state index in [1.807, 2.05) is 56.0 Å². The van der Waals surface area contributed by atoms with Crippen molar-refractivity contribution in [3.8, 4) is 0 Å². The number of hydrogen-bond donors (Lipinski definition) is 2. The molecule has 1 saturated carbocycles. The van der Waals surface area contributed by atoms with E-state index in [4.69, 9.17) is 10.5 Å². The van der Waals surface area contributed by atoms with Crippen LogP contribution in [0.5, 0.6) is 0 Å². The zero-order valence-electron chi connectivity index (χ0n) is 16.1. The molecular weight excluding hydrogens is 328 g/mol. The molecular formula is C21H32N2O3. The third-order valence-electron chi connectivity index (χ3n) is 6.53. The SMILES string of the molecule is CCOC1CC(N)(C(=O)N2CCCC2CC(O)c2ccccc2)C1(C)C. The molecule has 0 aromatic heterocycles. The molecule has 1 aliphatic carbocycles. The molecule has 3 rings (SSSR count). The van der Waals surface area contributed by atoms with E-state index in [0.29, 0.717) is 19.4 Å². The zero-order valence-corrected chi connectivity index (χ0v) is 16.1. The normalized spacial score (nSPS) is 31.5. The third-order valence-corrected chi connectivity index (χ3v) is 6.53. The van der Waals surface area contributed by atoms with Crippen LogP contribution >= 0.6 is 0 Å². The average Bonchev–Trinajstić information content (AvgIpc) is 3.09. The number of hydrogen-bond acceptors (Lipinski definition) is 4. The zero-order chi connectivity index (χ0) is 18.9. The molecule has 26 heavy (non-hydrogen) atoms. The molecule has 1 aromatic rings. The first-order valence-electron chi connectivity index (χ1n) is 9.76. The Balaban J connectivity index is 1.69. The van der Waals surface area contributed by atoms with Crippen LogP contribution in [0, 0.1) is 5.41 Å². The summed E-state index contributed by atoms with van der Waals surface area (Å²) in [7, 11) is 0. The molecule has 4 atom stereocenters. The number of amides is 1. The van der Waals surface area contributed by atoms with Gasteiger partial charge in [-0.15, -0.1) is 0 Å². The summed E-state index contributed by atoms with van der Waals surface area (Å²) in [6, 6.07) is 9.69. The van der Waals surface area contributed by atoms with Crippen molar-refractivity contribution in [1.29, 1.82) is 0 Å². The van der Waals surface area contributed by atoms with Crippen LogP contribution < -0.4 is 5.73 Å². The van der Waals surface area contributed by atoms with E-state index in [-0.39, 0.29) is 23.5 Å². The van der Waals surface area contributed by atoms with Crippen LogP contribution in [0.1, 0.15) is 58.1 Å². The molecule has 1 saturated heterocycles. The van der Waals surface area contributed by atoms with Gasteiger partial charge in [0.1, 0.15) is 5.54 Å². The van der Waals surface area contributed by atoms with Gasteiger partial charge in [-0.2, -0.15) is 0 Å². The summed E-state index contributed by atoms with van der Waals surface area (Å²) >= 11 is 0. The summed E-state index contributed by atoms with van der Waals surface area (Å²) in [5.74, 6) is 0.0150. The first-order chi connectivity index (χ1) is 12.3. The van der Waals surface area contributed by atoms with Crippen LogP contribution in [0.3, 0.4) is 0 Å². The molecule has 1 amide bonds. The minimum absolute atomic E-state index is 0.0150. The molecule has 2 fully saturated rings. The van der Waals surface area contributed by atoms with Crippen molar-refractivity contribution in [2.24, 2.45) is 11.1 Å². The van der Waals surface area contributed by atoms with Crippen LogP contribution in [0.4, 0.5) is 0 Å². The van der Waals surface area contributed by atoms with Crippen molar-refractivity contribution >= 4 is 5.91 Å². The Morgan fingerprint density at radius 1 is 1.38 bits per heavy atom. The molecule has 3 N–H and O–H groups in total. The maximum atomic E-state index is 13.3. The average molecular weight is 360 g/mol. The first kappa shape index (κ1) is 19.3. The summed E-state index contributed by atoms with van der Waals surface area (Å²) in [6.45, 7) is 7.38. The number of nitrogens with two attached hydrogens (primary N) is 1. The summed E-state index contributed by atoms with van der Waals surface area (Å²) in [5.41, 5.74) is 6.23. The fourth-order valence-electron chi connectivity index (χ4n) is 4.47. The van der Waals surface area contributed by atoms with Crippen LogP contribution in [0.25, 0.3) is 0 Å². The maximum Gasteiger partial charge on any atom is 0.243 e. The molecule has 2 aliphatic rings. The second kappa shape index (κ2) is 7.29. The van der Waals surface area contributed by atoms with Crippen molar-refractivity contribution in [2.75, 3.05) is 13.2 Å². The number of benzene rings is 1. The van der Waals surface area contributed by atoms with E-state index in [1.54, 1.807) is 0 Å². The Labute approximate surface area is 156 Å². The van der Waals surface area contributed by atoms with Gasteiger partial charge in [0.15, 0.2) is 0 Å². The Morgan fingerprint density at radius 2 is 2.08 bits per heavy atom. The lowest BCUT2D eigenvalue weighted by Crippen LogP contribution is -2.76. The smallest absolute Gasteiger partial charge is 0.243 e. The number of nitrogens with zero attached hydrogens (tertiary/aromatic N) is 1. The molecule has 5 heteroatoms. The second-order valence-corrected chi connectivity index (χ2v) is 8.30. The fourth-order valence-corrected chi connectivity index (χ4v) is 4.47. The quantitative estimate of drug-likeness (QED) is 0.818. The van der Waals surface area contributed by atoms with Crippen LogP contribution in [0.15, 0.2) is 30.3 Å². The lowest BCUT2D eigenvalue weighted by Gasteiger charge is -2.58. The maximum absolute atomic E-state index is 13.3. The highest BCUT2D eigenvalue weighted by molar-refractivity contribution is 5.89. The topological polar surface area (TPSA) is 75.8 Å². The van der Waals surface area contributed by atoms with E-state index in [1.165, 1.54) is 0 Å². The summed E-state index contributed by atoms with van der Waals surface area (Å²) in [6.07, 6.45) is 2.47. The lowest BCUT2D eigenvalue weighted by atomic mass is 9.54. The third kappa shape index (κ3) is 3.17. The first-order valence-corrected chi connectivity index (χ1v) is 9.76. The molecule has 1 aromatic carbocycles. The number of rotatable bonds is 6. The Hall–Kier alpha value is -1.43.